The molecular formula is C18H16ClN5O3S2. The fraction of sp³-hybridized carbons (Fsp3) is 0.167. The van der Waals surface area contributed by atoms with Gasteiger partial charge in [-0.15, -0.1) is 10.2 Å². The van der Waals surface area contributed by atoms with Crippen LogP contribution in [0.4, 0.5) is 16.5 Å². The van der Waals surface area contributed by atoms with Crippen LogP contribution in [-0.4, -0.2) is 33.3 Å². The Kier molecular flexibility index (Phi) is 7.39. The molecule has 1 amide bonds. The minimum Gasteiger partial charge on any atom is -0.360 e. The molecule has 0 saturated carbocycles. The van der Waals surface area contributed by atoms with Gasteiger partial charge in [0.25, 0.3) is 5.69 Å². The first-order valence-electron chi connectivity index (χ1n) is 8.49. The van der Waals surface area contributed by atoms with E-state index < -0.39 is 4.92 Å². The molecule has 2 N–H and O–H groups in total. The van der Waals surface area contributed by atoms with Crippen LogP contribution in [-0.2, 0) is 11.2 Å². The molecule has 8 nitrogen and oxygen atoms in total. The Bertz CT molecular complexity index is 1000. The molecule has 2 aromatic carbocycles. The molecule has 0 aliphatic rings. The van der Waals surface area contributed by atoms with E-state index in [1.165, 1.54) is 46.9 Å². The van der Waals surface area contributed by atoms with Crippen molar-refractivity contribution in [2.45, 2.75) is 10.8 Å². The van der Waals surface area contributed by atoms with E-state index in [2.05, 4.69) is 33.0 Å². The number of nitrogens with one attached hydrogen (secondary N) is 2. The molecule has 3 aromatic rings. The summed E-state index contributed by atoms with van der Waals surface area (Å²) in [6.45, 7) is 0.739. The van der Waals surface area contributed by atoms with Gasteiger partial charge in [0.05, 0.1) is 21.4 Å². The lowest BCUT2D eigenvalue weighted by molar-refractivity contribution is -0.384. The van der Waals surface area contributed by atoms with Crippen molar-refractivity contribution in [2.75, 3.05) is 22.9 Å². The van der Waals surface area contributed by atoms with E-state index in [-0.39, 0.29) is 22.4 Å². The number of thioether (sulfide) groups is 1. The average Bonchev–Trinajstić information content (AvgIpc) is 3.16. The molecule has 0 fully saturated rings. The maximum Gasteiger partial charge on any atom is 0.271 e. The zero-order chi connectivity index (χ0) is 20.6. The highest BCUT2D eigenvalue weighted by atomic mass is 35.5. The van der Waals surface area contributed by atoms with Crippen molar-refractivity contribution >= 4 is 57.1 Å². The van der Waals surface area contributed by atoms with Crippen LogP contribution in [0.15, 0.2) is 52.9 Å². The standard InChI is InChI=1S/C18H16ClN5O3S2/c19-14-10-13(24(26)27)6-7-15(14)21-16(25)11-28-18-23-22-17(29-18)20-9-8-12-4-2-1-3-5-12/h1-7,10H,8-9,11H2,(H,20,22)(H,21,25). The van der Waals surface area contributed by atoms with Gasteiger partial charge in [0.1, 0.15) is 0 Å². The first-order valence-corrected chi connectivity index (χ1v) is 10.7. The Morgan fingerprint density at radius 2 is 2.00 bits per heavy atom. The van der Waals surface area contributed by atoms with E-state index >= 15 is 0 Å². The summed E-state index contributed by atoms with van der Waals surface area (Å²) in [5.74, 6) is -0.175. The fourth-order valence-electron chi connectivity index (χ4n) is 2.33. The Labute approximate surface area is 179 Å². The fourth-order valence-corrected chi connectivity index (χ4v) is 4.13. The van der Waals surface area contributed by atoms with E-state index in [4.69, 9.17) is 11.6 Å². The Balaban J connectivity index is 1.44. The summed E-state index contributed by atoms with van der Waals surface area (Å²) in [6.07, 6.45) is 0.876. The van der Waals surface area contributed by atoms with Crippen molar-refractivity contribution in [1.29, 1.82) is 0 Å². The summed E-state index contributed by atoms with van der Waals surface area (Å²) in [5, 5.41) is 25.5. The van der Waals surface area contributed by atoms with E-state index in [0.29, 0.717) is 15.2 Å². The third-order valence-electron chi connectivity index (χ3n) is 3.70. The van der Waals surface area contributed by atoms with Crippen LogP contribution in [0.2, 0.25) is 5.02 Å². The number of nitro groups is 1. The Morgan fingerprint density at radius 1 is 1.21 bits per heavy atom. The molecule has 0 atom stereocenters. The quantitative estimate of drug-likeness (QED) is 0.281. The molecule has 0 bridgehead atoms. The van der Waals surface area contributed by atoms with E-state index in [1.807, 2.05) is 18.2 Å². The first kappa shape index (κ1) is 21.0. The number of carbonyl (C=O) groups excluding carboxylic acids is 1. The second-order valence-corrected chi connectivity index (χ2v) is 8.40. The highest BCUT2D eigenvalue weighted by Gasteiger charge is 2.13. The Hall–Kier alpha value is -2.69. The lowest BCUT2D eigenvalue weighted by atomic mass is 10.2. The highest BCUT2D eigenvalue weighted by Crippen LogP contribution is 2.28. The molecule has 0 saturated heterocycles. The van der Waals surface area contributed by atoms with Crippen molar-refractivity contribution in [3.05, 3.63) is 69.2 Å². The van der Waals surface area contributed by atoms with Crippen LogP contribution in [0, 0.1) is 10.1 Å². The van der Waals surface area contributed by atoms with Gasteiger partial charge in [0, 0.05) is 18.7 Å². The molecule has 0 spiro atoms. The van der Waals surface area contributed by atoms with Crippen LogP contribution >= 0.6 is 34.7 Å². The second-order valence-electron chi connectivity index (χ2n) is 5.79. The van der Waals surface area contributed by atoms with Gasteiger partial charge in [0.15, 0.2) is 4.34 Å². The number of non-ortho nitro benzene ring substituents is 1. The molecule has 0 unspecified atom stereocenters. The van der Waals surface area contributed by atoms with Gasteiger partial charge in [-0.05, 0) is 18.1 Å². The topological polar surface area (TPSA) is 110 Å². The lowest BCUT2D eigenvalue weighted by Crippen LogP contribution is -2.14. The van der Waals surface area contributed by atoms with Gasteiger partial charge in [-0.25, -0.2) is 0 Å². The van der Waals surface area contributed by atoms with E-state index in [0.717, 1.165) is 13.0 Å². The minimum absolute atomic E-state index is 0.110. The third kappa shape index (κ3) is 6.41. The number of hydrogen-bond acceptors (Lipinski definition) is 8. The van der Waals surface area contributed by atoms with E-state index in [9.17, 15) is 14.9 Å². The largest absolute Gasteiger partial charge is 0.360 e. The monoisotopic (exact) mass is 449 g/mol. The number of benzene rings is 2. The smallest absolute Gasteiger partial charge is 0.271 e. The predicted molar refractivity (Wildman–Crippen MR) is 116 cm³/mol. The average molecular weight is 450 g/mol. The van der Waals surface area contributed by atoms with E-state index in [1.54, 1.807) is 0 Å². The van der Waals surface area contributed by atoms with Crippen molar-refractivity contribution in [3.8, 4) is 0 Å². The number of halogens is 1. The van der Waals surface area contributed by atoms with Crippen molar-refractivity contribution < 1.29 is 9.72 Å². The zero-order valence-electron chi connectivity index (χ0n) is 15.0. The summed E-state index contributed by atoms with van der Waals surface area (Å²) in [6, 6.07) is 14.0. The molecule has 11 heteroatoms. The number of anilines is 2. The van der Waals surface area contributed by atoms with Gasteiger partial charge in [-0.3, -0.25) is 14.9 Å². The highest BCUT2D eigenvalue weighted by molar-refractivity contribution is 8.01. The SMILES string of the molecule is O=C(CSc1nnc(NCCc2ccccc2)s1)Nc1ccc([N+](=O)[O-])cc1Cl. The molecule has 1 aromatic heterocycles. The van der Waals surface area contributed by atoms with Crippen LogP contribution in [0.1, 0.15) is 5.56 Å². The van der Waals surface area contributed by atoms with Crippen LogP contribution in [0.5, 0.6) is 0 Å². The van der Waals surface area contributed by atoms with Gasteiger partial charge < -0.3 is 10.6 Å². The van der Waals surface area contributed by atoms with Gasteiger partial charge in [-0.2, -0.15) is 0 Å². The van der Waals surface area contributed by atoms with Crippen LogP contribution in [0.25, 0.3) is 0 Å². The number of rotatable bonds is 9. The molecule has 0 radical (unpaired) electrons. The number of nitrogens with zero attached hydrogens (tertiary/aromatic N) is 3. The molecule has 3 rings (SSSR count). The van der Waals surface area contributed by atoms with Gasteiger partial charge in [-0.1, -0.05) is 65.0 Å². The first-order chi connectivity index (χ1) is 14.0. The molecule has 1 heterocycles. The minimum atomic E-state index is -0.547. The third-order valence-corrected chi connectivity index (χ3v) is 6.03. The number of hydrogen-bond donors (Lipinski definition) is 2. The summed E-state index contributed by atoms with van der Waals surface area (Å²) in [5.41, 5.74) is 1.42. The number of aromatic nitrogens is 2. The van der Waals surface area contributed by atoms with Gasteiger partial charge >= 0.3 is 0 Å². The maximum atomic E-state index is 12.1. The van der Waals surface area contributed by atoms with Crippen molar-refractivity contribution in [2.24, 2.45) is 0 Å². The normalized spacial score (nSPS) is 10.5. The number of carbonyl (C=O) groups is 1. The van der Waals surface area contributed by atoms with Crippen molar-refractivity contribution in [3.63, 3.8) is 0 Å². The summed E-state index contributed by atoms with van der Waals surface area (Å²) >= 11 is 8.60. The lowest BCUT2D eigenvalue weighted by Gasteiger charge is -2.06. The van der Waals surface area contributed by atoms with Crippen LogP contribution in [0.3, 0.4) is 0 Å². The van der Waals surface area contributed by atoms with Crippen LogP contribution < -0.4 is 10.6 Å². The zero-order valence-corrected chi connectivity index (χ0v) is 17.4. The number of amides is 1. The van der Waals surface area contributed by atoms with Gasteiger partial charge in [0.2, 0.25) is 11.0 Å². The summed E-state index contributed by atoms with van der Waals surface area (Å²) in [4.78, 5) is 22.3. The predicted octanol–water partition coefficient (Wildman–Crippen LogP) is 4.49. The molecular weight excluding hydrogens is 434 g/mol. The molecule has 150 valence electrons. The molecule has 0 aliphatic heterocycles. The summed E-state index contributed by atoms with van der Waals surface area (Å²) < 4.78 is 0.664. The van der Waals surface area contributed by atoms with Crippen molar-refractivity contribution in [1.82, 2.24) is 10.2 Å². The number of nitro benzene ring substituents is 1. The second kappa shape index (κ2) is 10.2. The molecule has 0 aliphatic carbocycles. The maximum absolute atomic E-state index is 12.1. The summed E-state index contributed by atoms with van der Waals surface area (Å²) in [7, 11) is 0. The molecule has 29 heavy (non-hydrogen) atoms. The Morgan fingerprint density at radius 3 is 2.72 bits per heavy atom.